The highest BCUT2D eigenvalue weighted by Gasteiger charge is 2.49. The monoisotopic (exact) mass is 343 g/mol. The van der Waals surface area contributed by atoms with E-state index in [-0.39, 0.29) is 24.2 Å². The van der Waals surface area contributed by atoms with Crippen molar-refractivity contribution in [3.63, 3.8) is 0 Å². The van der Waals surface area contributed by atoms with E-state index >= 15 is 0 Å². The number of ether oxygens (including phenoxy) is 1. The molecule has 1 amide bonds. The Kier molecular flexibility index (Phi) is 5.35. The molecule has 1 aromatic carbocycles. The van der Waals surface area contributed by atoms with Gasteiger partial charge in [-0.25, -0.2) is 4.79 Å². The number of amides is 1. The summed E-state index contributed by atoms with van der Waals surface area (Å²) in [6.07, 6.45) is 1.92. The normalized spacial score (nSPS) is 16.7. The van der Waals surface area contributed by atoms with Gasteiger partial charge in [-0.1, -0.05) is 29.3 Å². The van der Waals surface area contributed by atoms with Crippen LogP contribution in [0.2, 0.25) is 10.0 Å². The van der Waals surface area contributed by atoms with Crippen molar-refractivity contribution >= 4 is 35.1 Å². The molecule has 22 heavy (non-hydrogen) atoms. The molecule has 6 heteroatoms. The Balaban J connectivity index is 2.07. The van der Waals surface area contributed by atoms with Crippen molar-refractivity contribution in [2.75, 3.05) is 6.61 Å². The molecule has 0 saturated heterocycles. The van der Waals surface area contributed by atoms with Crippen molar-refractivity contribution in [1.29, 1.82) is 0 Å². The van der Waals surface area contributed by atoms with Crippen molar-refractivity contribution in [2.45, 2.75) is 38.6 Å². The molecule has 1 N–H and O–H groups in total. The van der Waals surface area contributed by atoms with Crippen LogP contribution in [0.5, 0.6) is 0 Å². The maximum atomic E-state index is 12.3. The van der Waals surface area contributed by atoms with Gasteiger partial charge >= 0.3 is 5.97 Å². The lowest BCUT2D eigenvalue weighted by molar-refractivity contribution is -0.153. The Morgan fingerprint density at radius 1 is 1.36 bits per heavy atom. The molecule has 4 nitrogen and oxygen atoms in total. The molecular formula is C16H19Cl2NO3. The molecule has 1 fully saturated rings. The average Bonchev–Trinajstić information content (AvgIpc) is 3.27. The van der Waals surface area contributed by atoms with E-state index in [9.17, 15) is 9.59 Å². The number of esters is 1. The summed E-state index contributed by atoms with van der Waals surface area (Å²) in [6.45, 7) is 3.77. The smallest absolute Gasteiger partial charge is 0.331 e. The third-order valence-corrected chi connectivity index (χ3v) is 4.45. The number of carbonyl (C=O) groups is 2. The van der Waals surface area contributed by atoms with Gasteiger partial charge in [0.1, 0.15) is 5.54 Å². The molecule has 1 aliphatic rings. The molecular weight excluding hydrogens is 325 g/mol. The lowest BCUT2D eigenvalue weighted by Crippen LogP contribution is -2.55. The minimum Gasteiger partial charge on any atom is -0.464 e. The molecule has 1 aromatic rings. The summed E-state index contributed by atoms with van der Waals surface area (Å²) in [7, 11) is 0. The van der Waals surface area contributed by atoms with Crippen LogP contribution >= 0.6 is 23.2 Å². The van der Waals surface area contributed by atoms with Gasteiger partial charge in [-0.2, -0.15) is 0 Å². The summed E-state index contributed by atoms with van der Waals surface area (Å²) in [5.74, 6) is -0.504. The van der Waals surface area contributed by atoms with Gasteiger partial charge in [-0.15, -0.1) is 0 Å². The molecule has 0 unspecified atom stereocenters. The van der Waals surface area contributed by atoms with Crippen LogP contribution in [0.15, 0.2) is 18.2 Å². The van der Waals surface area contributed by atoms with Gasteiger partial charge in [-0.3, -0.25) is 4.79 Å². The van der Waals surface area contributed by atoms with Gasteiger partial charge in [0.2, 0.25) is 5.91 Å². The zero-order valence-corrected chi connectivity index (χ0v) is 14.1. The average molecular weight is 344 g/mol. The molecule has 0 radical (unpaired) electrons. The Hall–Kier alpha value is -1.26. The Morgan fingerprint density at radius 3 is 2.59 bits per heavy atom. The lowest BCUT2D eigenvalue weighted by atomic mass is 9.95. The second kappa shape index (κ2) is 6.88. The van der Waals surface area contributed by atoms with Gasteiger partial charge < -0.3 is 10.1 Å². The highest BCUT2D eigenvalue weighted by atomic mass is 35.5. The van der Waals surface area contributed by atoms with Crippen LogP contribution in [0.3, 0.4) is 0 Å². The minimum atomic E-state index is -0.966. The van der Waals surface area contributed by atoms with Crippen LogP contribution < -0.4 is 5.32 Å². The Labute approximate surface area is 140 Å². The van der Waals surface area contributed by atoms with Crippen molar-refractivity contribution in [2.24, 2.45) is 5.92 Å². The van der Waals surface area contributed by atoms with Crippen molar-refractivity contribution in [1.82, 2.24) is 5.32 Å². The predicted molar refractivity (Wildman–Crippen MR) is 86.1 cm³/mol. The van der Waals surface area contributed by atoms with E-state index in [2.05, 4.69) is 5.32 Å². The topological polar surface area (TPSA) is 55.4 Å². The number of halogens is 2. The first-order chi connectivity index (χ1) is 10.4. The standard InChI is InChI=1S/C16H19Cl2NO3/c1-3-22-15(21)16(2,11-5-6-11)19-14(20)8-10-4-7-12(17)9-13(10)18/h4,7,9,11H,3,5-6,8H2,1-2H3,(H,19,20)/t16-/m1/s1. The molecule has 2 rings (SSSR count). The molecule has 1 saturated carbocycles. The Bertz CT molecular complexity index is 587. The number of carbonyl (C=O) groups excluding carboxylic acids is 2. The number of rotatable bonds is 6. The third kappa shape index (κ3) is 3.93. The van der Waals surface area contributed by atoms with Gasteiger partial charge in [0.15, 0.2) is 0 Å². The first kappa shape index (κ1) is 17.1. The predicted octanol–water partition coefficient (Wildman–Crippen LogP) is 3.38. The minimum absolute atomic E-state index is 0.0950. The molecule has 0 aromatic heterocycles. The largest absolute Gasteiger partial charge is 0.464 e. The lowest BCUT2D eigenvalue weighted by Gasteiger charge is -2.28. The summed E-state index contributed by atoms with van der Waals surface area (Å²) in [6, 6.07) is 4.99. The van der Waals surface area contributed by atoms with E-state index in [0.717, 1.165) is 12.8 Å². The van der Waals surface area contributed by atoms with Crippen LogP contribution in [0.4, 0.5) is 0 Å². The van der Waals surface area contributed by atoms with E-state index < -0.39 is 5.54 Å². The number of hydrogen-bond donors (Lipinski definition) is 1. The summed E-state index contributed by atoms with van der Waals surface area (Å²) in [5, 5.41) is 3.78. The van der Waals surface area contributed by atoms with Crippen molar-refractivity contribution < 1.29 is 14.3 Å². The highest BCUT2D eigenvalue weighted by molar-refractivity contribution is 6.35. The fraction of sp³-hybridized carbons (Fsp3) is 0.500. The first-order valence-corrected chi connectivity index (χ1v) is 8.04. The molecule has 120 valence electrons. The zero-order valence-electron chi connectivity index (χ0n) is 12.6. The summed E-state index contributed by atoms with van der Waals surface area (Å²) < 4.78 is 5.10. The fourth-order valence-electron chi connectivity index (χ4n) is 2.43. The van der Waals surface area contributed by atoms with Crippen LogP contribution in [0, 0.1) is 5.92 Å². The van der Waals surface area contributed by atoms with Crippen LogP contribution in [0.1, 0.15) is 32.3 Å². The van der Waals surface area contributed by atoms with Crippen LogP contribution in [-0.4, -0.2) is 24.0 Å². The van der Waals surface area contributed by atoms with Crippen LogP contribution in [-0.2, 0) is 20.7 Å². The molecule has 0 spiro atoms. The van der Waals surface area contributed by atoms with E-state index in [4.69, 9.17) is 27.9 Å². The summed E-state index contributed by atoms with van der Waals surface area (Å²) >= 11 is 11.9. The van der Waals surface area contributed by atoms with Gasteiger partial charge in [0.25, 0.3) is 0 Å². The summed E-state index contributed by atoms with van der Waals surface area (Å²) in [5.41, 5.74) is -0.294. The molecule has 1 aliphatic carbocycles. The van der Waals surface area contributed by atoms with Gasteiger partial charge in [0.05, 0.1) is 13.0 Å². The van der Waals surface area contributed by atoms with Crippen molar-refractivity contribution in [3.8, 4) is 0 Å². The number of nitrogens with one attached hydrogen (secondary N) is 1. The highest BCUT2D eigenvalue weighted by Crippen LogP contribution is 2.40. The number of benzene rings is 1. The van der Waals surface area contributed by atoms with E-state index in [1.54, 1.807) is 32.0 Å². The quantitative estimate of drug-likeness (QED) is 0.805. The third-order valence-electron chi connectivity index (χ3n) is 3.86. The molecule has 1 atom stereocenters. The van der Waals surface area contributed by atoms with Crippen LogP contribution in [0.25, 0.3) is 0 Å². The fourth-order valence-corrected chi connectivity index (χ4v) is 2.91. The second-order valence-electron chi connectivity index (χ2n) is 5.66. The van der Waals surface area contributed by atoms with E-state index in [1.807, 2.05) is 0 Å². The van der Waals surface area contributed by atoms with Gasteiger partial charge in [-0.05, 0) is 50.3 Å². The van der Waals surface area contributed by atoms with Crippen molar-refractivity contribution in [3.05, 3.63) is 33.8 Å². The molecule has 0 bridgehead atoms. The number of hydrogen-bond acceptors (Lipinski definition) is 3. The maximum Gasteiger partial charge on any atom is 0.331 e. The Morgan fingerprint density at radius 2 is 2.05 bits per heavy atom. The van der Waals surface area contributed by atoms with E-state index in [1.165, 1.54) is 0 Å². The molecule has 0 heterocycles. The summed E-state index contributed by atoms with van der Waals surface area (Å²) in [4.78, 5) is 24.5. The van der Waals surface area contributed by atoms with Gasteiger partial charge in [0, 0.05) is 10.0 Å². The van der Waals surface area contributed by atoms with E-state index in [0.29, 0.717) is 22.2 Å². The first-order valence-electron chi connectivity index (χ1n) is 7.29. The SMILES string of the molecule is CCOC(=O)[C@](C)(NC(=O)Cc1ccc(Cl)cc1Cl)C1CC1. The second-order valence-corrected chi connectivity index (χ2v) is 6.50. The molecule has 0 aliphatic heterocycles. The zero-order chi connectivity index (χ0) is 16.3. The maximum absolute atomic E-state index is 12.3.